The Morgan fingerprint density at radius 1 is 1.47 bits per heavy atom. The van der Waals surface area contributed by atoms with Gasteiger partial charge in [-0.05, 0) is 46.5 Å². The van der Waals surface area contributed by atoms with Crippen LogP contribution in [0.25, 0.3) is 0 Å². The number of hydrogen-bond donors (Lipinski definition) is 2. The molecule has 0 aliphatic carbocycles. The lowest BCUT2D eigenvalue weighted by Crippen LogP contribution is -2.44. The molecule has 1 fully saturated rings. The summed E-state index contributed by atoms with van der Waals surface area (Å²) in [5.74, 6) is -0.0590. The quantitative estimate of drug-likeness (QED) is 0.791. The molecule has 106 valence electrons. The first-order chi connectivity index (χ1) is 8.82. The van der Waals surface area contributed by atoms with Crippen LogP contribution in [0.3, 0.4) is 0 Å². The molecule has 0 spiro atoms. The lowest BCUT2D eigenvalue weighted by Gasteiger charge is -2.33. The van der Waals surface area contributed by atoms with Crippen molar-refractivity contribution in [1.82, 2.24) is 4.31 Å². The van der Waals surface area contributed by atoms with Crippen molar-refractivity contribution < 1.29 is 13.5 Å². The Kier molecular flexibility index (Phi) is 4.20. The maximum Gasteiger partial charge on any atom is 0.243 e. The number of anilines is 1. The highest BCUT2D eigenvalue weighted by Crippen LogP contribution is 2.27. The smallest absolute Gasteiger partial charge is 0.243 e. The fourth-order valence-electron chi connectivity index (χ4n) is 2.14. The lowest BCUT2D eigenvalue weighted by atomic mass is 9.99. The number of benzene rings is 1. The number of halogens is 1. The number of aliphatic hydroxyl groups excluding tert-OH is 1. The molecule has 7 heteroatoms. The Morgan fingerprint density at radius 3 is 2.74 bits per heavy atom. The van der Waals surface area contributed by atoms with Crippen LogP contribution in [-0.4, -0.2) is 37.0 Å². The largest absolute Gasteiger partial charge is 0.398 e. The number of rotatable bonds is 2. The van der Waals surface area contributed by atoms with E-state index in [1.54, 1.807) is 6.07 Å². The van der Waals surface area contributed by atoms with Gasteiger partial charge in [0, 0.05) is 23.2 Å². The summed E-state index contributed by atoms with van der Waals surface area (Å²) in [6.07, 6.45) is 0.0355. The van der Waals surface area contributed by atoms with Gasteiger partial charge in [0.25, 0.3) is 0 Å². The average molecular weight is 349 g/mol. The molecule has 0 amide bonds. The molecule has 0 radical (unpaired) electrons. The molecule has 19 heavy (non-hydrogen) atoms. The summed E-state index contributed by atoms with van der Waals surface area (Å²) in [6.45, 7) is 2.52. The van der Waals surface area contributed by atoms with E-state index >= 15 is 0 Å². The summed E-state index contributed by atoms with van der Waals surface area (Å²) < 4.78 is 27.0. The van der Waals surface area contributed by atoms with E-state index in [0.717, 1.165) is 0 Å². The highest BCUT2D eigenvalue weighted by molar-refractivity contribution is 9.10. The summed E-state index contributed by atoms with van der Waals surface area (Å²) >= 11 is 3.24. The minimum Gasteiger partial charge on any atom is -0.398 e. The topological polar surface area (TPSA) is 83.6 Å². The van der Waals surface area contributed by atoms with E-state index in [1.807, 2.05) is 6.92 Å². The summed E-state index contributed by atoms with van der Waals surface area (Å²) in [6, 6.07) is 4.62. The first-order valence-corrected chi connectivity index (χ1v) is 8.29. The third kappa shape index (κ3) is 2.94. The second kappa shape index (κ2) is 5.40. The van der Waals surface area contributed by atoms with Crippen molar-refractivity contribution in [3.8, 4) is 0 Å². The van der Waals surface area contributed by atoms with Gasteiger partial charge in [-0.15, -0.1) is 0 Å². The predicted octanol–water partition coefficient (Wildman–Crippen LogP) is 1.42. The second-order valence-corrected chi connectivity index (χ2v) is 7.67. The van der Waals surface area contributed by atoms with Crippen LogP contribution in [0.4, 0.5) is 5.69 Å². The van der Waals surface area contributed by atoms with E-state index in [1.165, 1.54) is 16.4 Å². The first kappa shape index (κ1) is 14.8. The molecule has 5 nitrogen and oxygen atoms in total. The third-order valence-corrected chi connectivity index (χ3v) is 6.01. The molecule has 0 saturated carbocycles. The van der Waals surface area contributed by atoms with Crippen LogP contribution >= 0.6 is 15.9 Å². The van der Waals surface area contributed by atoms with Gasteiger partial charge in [-0.1, -0.05) is 6.92 Å². The van der Waals surface area contributed by atoms with E-state index in [2.05, 4.69) is 15.9 Å². The van der Waals surface area contributed by atoms with E-state index in [0.29, 0.717) is 29.7 Å². The maximum absolute atomic E-state index is 12.5. The maximum atomic E-state index is 12.5. The normalized spacial score (nSPS) is 25.4. The van der Waals surface area contributed by atoms with Gasteiger partial charge in [0.1, 0.15) is 0 Å². The van der Waals surface area contributed by atoms with Gasteiger partial charge in [-0.2, -0.15) is 4.31 Å². The van der Waals surface area contributed by atoms with Crippen molar-refractivity contribution in [2.24, 2.45) is 5.92 Å². The van der Waals surface area contributed by atoms with Crippen LogP contribution < -0.4 is 5.73 Å². The number of nitrogen functional groups attached to an aromatic ring is 1. The van der Waals surface area contributed by atoms with Gasteiger partial charge < -0.3 is 10.8 Å². The Balaban J connectivity index is 2.29. The van der Waals surface area contributed by atoms with Gasteiger partial charge in [0.2, 0.25) is 10.0 Å². The lowest BCUT2D eigenvalue weighted by molar-refractivity contribution is 0.0628. The molecule has 0 bridgehead atoms. The zero-order valence-corrected chi connectivity index (χ0v) is 13.0. The minimum absolute atomic E-state index is 0.0590. The fourth-order valence-corrected chi connectivity index (χ4v) is 3.98. The van der Waals surface area contributed by atoms with E-state index in [9.17, 15) is 13.5 Å². The van der Waals surface area contributed by atoms with Gasteiger partial charge in [-0.25, -0.2) is 8.42 Å². The zero-order valence-electron chi connectivity index (χ0n) is 10.6. The van der Waals surface area contributed by atoms with Crippen LogP contribution in [0, 0.1) is 5.92 Å². The highest BCUT2D eigenvalue weighted by atomic mass is 79.9. The minimum atomic E-state index is -3.54. The van der Waals surface area contributed by atoms with Crippen molar-refractivity contribution >= 4 is 31.6 Å². The van der Waals surface area contributed by atoms with Gasteiger partial charge in [0.05, 0.1) is 11.0 Å². The van der Waals surface area contributed by atoms with Gasteiger partial charge in [0.15, 0.2) is 0 Å². The van der Waals surface area contributed by atoms with E-state index in [-0.39, 0.29) is 10.8 Å². The van der Waals surface area contributed by atoms with Crippen LogP contribution in [0.1, 0.15) is 13.3 Å². The van der Waals surface area contributed by atoms with Crippen molar-refractivity contribution in [3.05, 3.63) is 22.7 Å². The van der Waals surface area contributed by atoms with Crippen molar-refractivity contribution in [2.45, 2.75) is 24.3 Å². The molecule has 2 rings (SSSR count). The van der Waals surface area contributed by atoms with E-state index in [4.69, 9.17) is 5.73 Å². The molecule has 2 atom stereocenters. The number of hydrogen-bond acceptors (Lipinski definition) is 4. The molecule has 1 aliphatic heterocycles. The highest BCUT2D eigenvalue weighted by Gasteiger charge is 2.32. The SMILES string of the molecule is CC1CN(S(=O)(=O)c2ccc(Br)c(N)c2)CCC1O. The molecule has 0 aromatic heterocycles. The standard InChI is InChI=1S/C12H17BrN2O3S/c1-8-7-15(5-4-12(8)16)19(17,18)9-2-3-10(13)11(14)6-9/h2-3,6,8,12,16H,4-5,7,14H2,1H3. The van der Waals surface area contributed by atoms with Gasteiger partial charge >= 0.3 is 0 Å². The average Bonchev–Trinajstić information content (AvgIpc) is 2.35. The Hall–Kier alpha value is -0.630. The molecule has 3 N–H and O–H groups in total. The molecule has 1 heterocycles. The van der Waals surface area contributed by atoms with Gasteiger partial charge in [-0.3, -0.25) is 0 Å². The summed E-state index contributed by atoms with van der Waals surface area (Å²) in [7, 11) is -3.54. The van der Waals surface area contributed by atoms with Crippen LogP contribution in [0.5, 0.6) is 0 Å². The first-order valence-electron chi connectivity index (χ1n) is 6.05. The zero-order chi connectivity index (χ0) is 14.2. The number of piperidine rings is 1. The molecular weight excluding hydrogens is 332 g/mol. The predicted molar refractivity (Wildman–Crippen MR) is 77.1 cm³/mol. The monoisotopic (exact) mass is 348 g/mol. The third-order valence-electron chi connectivity index (χ3n) is 3.43. The van der Waals surface area contributed by atoms with E-state index < -0.39 is 16.1 Å². The second-order valence-electron chi connectivity index (χ2n) is 4.88. The number of nitrogens with zero attached hydrogens (tertiary/aromatic N) is 1. The number of aliphatic hydroxyl groups is 1. The van der Waals surface area contributed by atoms with Crippen LogP contribution in [-0.2, 0) is 10.0 Å². The molecule has 1 aliphatic rings. The number of sulfonamides is 1. The fraction of sp³-hybridized carbons (Fsp3) is 0.500. The summed E-state index contributed by atoms with van der Waals surface area (Å²) in [5, 5.41) is 9.66. The summed E-state index contributed by atoms with van der Waals surface area (Å²) in [4.78, 5) is 0.191. The molecule has 1 aromatic rings. The number of nitrogens with two attached hydrogens (primary N) is 1. The molecule has 1 saturated heterocycles. The molecule has 2 unspecified atom stereocenters. The Bertz CT molecular complexity index is 576. The van der Waals surface area contributed by atoms with Crippen LogP contribution in [0.2, 0.25) is 0 Å². The Morgan fingerprint density at radius 2 is 2.16 bits per heavy atom. The van der Waals surface area contributed by atoms with Crippen molar-refractivity contribution in [3.63, 3.8) is 0 Å². The van der Waals surface area contributed by atoms with Crippen molar-refractivity contribution in [2.75, 3.05) is 18.8 Å². The molecular formula is C12H17BrN2O3S. The Labute approximate surface area is 121 Å². The van der Waals surface area contributed by atoms with Crippen LogP contribution in [0.15, 0.2) is 27.6 Å². The van der Waals surface area contributed by atoms with Crippen molar-refractivity contribution in [1.29, 1.82) is 0 Å². The molecule has 1 aromatic carbocycles. The summed E-state index contributed by atoms with van der Waals surface area (Å²) in [5.41, 5.74) is 6.12.